The van der Waals surface area contributed by atoms with Crippen LogP contribution in [-0.4, -0.2) is 23.5 Å². The Labute approximate surface area is 169 Å². The van der Waals surface area contributed by atoms with Crippen molar-refractivity contribution in [2.45, 2.75) is 19.3 Å². The number of anilines is 2. The summed E-state index contributed by atoms with van der Waals surface area (Å²) in [5, 5.41) is 20.1. The third-order valence-electron chi connectivity index (χ3n) is 3.77. The Balaban J connectivity index is 0.00000392. The van der Waals surface area contributed by atoms with Crippen molar-refractivity contribution in [1.29, 1.82) is 10.8 Å². The highest BCUT2D eigenvalue weighted by Crippen LogP contribution is 2.12. The maximum atomic E-state index is 11.9. The quantitative estimate of drug-likeness (QED) is 0.296. The van der Waals surface area contributed by atoms with E-state index >= 15 is 0 Å². The molecule has 0 aliphatic heterocycles. The van der Waals surface area contributed by atoms with Crippen LogP contribution in [-0.2, 0) is 9.59 Å². The van der Waals surface area contributed by atoms with Gasteiger partial charge in [-0.05, 0) is 55.0 Å². The summed E-state index contributed by atoms with van der Waals surface area (Å²) in [6.07, 6.45) is 0.838. The van der Waals surface area contributed by atoms with E-state index in [0.717, 1.165) is 0 Å². The fourth-order valence-corrected chi connectivity index (χ4v) is 2.32. The van der Waals surface area contributed by atoms with E-state index in [1.54, 1.807) is 48.5 Å². The van der Waals surface area contributed by atoms with Gasteiger partial charge in [-0.2, -0.15) is 0 Å². The Morgan fingerprint density at radius 2 is 1.04 bits per heavy atom. The van der Waals surface area contributed by atoms with Crippen molar-refractivity contribution in [2.75, 3.05) is 10.6 Å². The van der Waals surface area contributed by atoms with Crippen molar-refractivity contribution >= 4 is 47.3 Å². The number of nitrogens with two attached hydrogens (primary N) is 2. The molecular formula is C19H23ClN6O2. The van der Waals surface area contributed by atoms with Gasteiger partial charge in [0.2, 0.25) is 11.8 Å². The number of amidine groups is 2. The summed E-state index contributed by atoms with van der Waals surface area (Å²) in [6, 6.07) is 13.3. The Morgan fingerprint density at radius 1 is 0.714 bits per heavy atom. The van der Waals surface area contributed by atoms with Gasteiger partial charge in [0.25, 0.3) is 0 Å². The van der Waals surface area contributed by atoms with Crippen LogP contribution in [0.15, 0.2) is 48.5 Å². The van der Waals surface area contributed by atoms with E-state index in [-0.39, 0.29) is 48.7 Å². The third-order valence-corrected chi connectivity index (χ3v) is 3.77. The predicted octanol–water partition coefficient (Wildman–Crippen LogP) is 2.42. The van der Waals surface area contributed by atoms with Crippen LogP contribution in [0, 0.1) is 10.8 Å². The fourth-order valence-electron chi connectivity index (χ4n) is 2.32. The fraction of sp³-hybridized carbons (Fsp3) is 0.158. The lowest BCUT2D eigenvalue weighted by atomic mass is 10.1. The third kappa shape index (κ3) is 7.08. The van der Waals surface area contributed by atoms with E-state index < -0.39 is 0 Å². The summed E-state index contributed by atoms with van der Waals surface area (Å²) in [5.41, 5.74) is 13.1. The normalized spacial score (nSPS) is 9.71. The molecule has 2 amide bonds. The smallest absolute Gasteiger partial charge is 0.224 e. The van der Waals surface area contributed by atoms with Crippen molar-refractivity contribution in [2.24, 2.45) is 11.5 Å². The summed E-state index contributed by atoms with van der Waals surface area (Å²) in [6.45, 7) is 0. The predicted molar refractivity (Wildman–Crippen MR) is 113 cm³/mol. The Bertz CT molecular complexity index is 778. The summed E-state index contributed by atoms with van der Waals surface area (Å²) in [5.74, 6) is -0.446. The summed E-state index contributed by atoms with van der Waals surface area (Å²) in [4.78, 5) is 23.9. The molecule has 28 heavy (non-hydrogen) atoms. The van der Waals surface area contributed by atoms with E-state index in [2.05, 4.69) is 10.6 Å². The maximum absolute atomic E-state index is 11.9. The standard InChI is InChI=1S/C19H22N6O2.ClH/c20-18(21)12-4-8-14(9-5-12)24-16(26)2-1-3-17(27)25-15-10-6-13(7-11-15)19(22)23;/h4-11H,1-3H2,(H3,20,21)(H3,22,23)(H,24,26)(H,25,27);1H. The van der Waals surface area contributed by atoms with Gasteiger partial charge in [-0.1, -0.05) is 0 Å². The molecule has 0 aliphatic rings. The maximum Gasteiger partial charge on any atom is 0.224 e. The number of hydrogen-bond acceptors (Lipinski definition) is 4. The summed E-state index contributed by atoms with van der Waals surface area (Å²) in [7, 11) is 0. The first kappa shape index (κ1) is 22.7. The monoisotopic (exact) mass is 402 g/mol. The van der Waals surface area contributed by atoms with Gasteiger partial charge >= 0.3 is 0 Å². The van der Waals surface area contributed by atoms with E-state index in [1.165, 1.54) is 0 Å². The molecule has 0 radical (unpaired) electrons. The van der Waals surface area contributed by atoms with E-state index in [1.807, 2.05) is 0 Å². The second-order valence-electron chi connectivity index (χ2n) is 5.93. The lowest BCUT2D eigenvalue weighted by Crippen LogP contribution is -2.15. The van der Waals surface area contributed by atoms with Gasteiger partial charge in [0.15, 0.2) is 0 Å². The molecule has 0 heterocycles. The molecule has 0 bridgehead atoms. The van der Waals surface area contributed by atoms with Crippen molar-refractivity contribution in [1.82, 2.24) is 0 Å². The largest absolute Gasteiger partial charge is 0.384 e. The van der Waals surface area contributed by atoms with Crippen molar-refractivity contribution < 1.29 is 9.59 Å². The molecule has 0 fully saturated rings. The summed E-state index contributed by atoms with van der Waals surface area (Å²) < 4.78 is 0. The number of amides is 2. The molecule has 0 aromatic heterocycles. The number of benzene rings is 2. The van der Waals surface area contributed by atoms with E-state index in [9.17, 15) is 9.59 Å². The molecule has 2 rings (SSSR count). The lowest BCUT2D eigenvalue weighted by molar-refractivity contribution is -0.117. The Morgan fingerprint density at radius 3 is 1.32 bits per heavy atom. The van der Waals surface area contributed by atoms with Gasteiger partial charge in [0.05, 0.1) is 0 Å². The van der Waals surface area contributed by atoms with Crippen molar-refractivity contribution in [3.05, 3.63) is 59.7 Å². The van der Waals surface area contributed by atoms with Crippen LogP contribution in [0.2, 0.25) is 0 Å². The van der Waals surface area contributed by atoms with Crippen molar-refractivity contribution in [3.63, 3.8) is 0 Å². The molecule has 0 saturated heterocycles. The minimum absolute atomic E-state index is 0. The second kappa shape index (κ2) is 10.7. The average Bonchev–Trinajstić information content (AvgIpc) is 2.62. The van der Waals surface area contributed by atoms with Crippen LogP contribution >= 0.6 is 12.4 Å². The highest BCUT2D eigenvalue weighted by molar-refractivity contribution is 5.97. The van der Waals surface area contributed by atoms with Crippen molar-refractivity contribution in [3.8, 4) is 0 Å². The molecule has 8 nitrogen and oxygen atoms in total. The molecule has 0 spiro atoms. The van der Waals surface area contributed by atoms with Gasteiger partial charge < -0.3 is 22.1 Å². The van der Waals surface area contributed by atoms with Gasteiger partial charge in [0.1, 0.15) is 11.7 Å². The lowest BCUT2D eigenvalue weighted by Gasteiger charge is -2.07. The van der Waals surface area contributed by atoms with Gasteiger partial charge in [0, 0.05) is 35.3 Å². The molecule has 0 aliphatic carbocycles. The minimum atomic E-state index is -0.191. The van der Waals surface area contributed by atoms with Gasteiger partial charge in [-0.3, -0.25) is 20.4 Å². The average molecular weight is 403 g/mol. The van der Waals surface area contributed by atoms with Crippen LogP contribution in [0.25, 0.3) is 0 Å². The van der Waals surface area contributed by atoms with Gasteiger partial charge in [-0.25, -0.2) is 0 Å². The number of nitrogen functional groups attached to an aromatic ring is 2. The summed E-state index contributed by atoms with van der Waals surface area (Å²) >= 11 is 0. The number of carbonyl (C=O) groups is 2. The molecule has 0 unspecified atom stereocenters. The second-order valence-corrected chi connectivity index (χ2v) is 5.93. The van der Waals surface area contributed by atoms with E-state index in [4.69, 9.17) is 22.3 Å². The first-order chi connectivity index (χ1) is 12.8. The SMILES string of the molecule is Cl.N=C(N)c1ccc(NC(=O)CCCC(=O)Nc2ccc(C(=N)N)cc2)cc1. The first-order valence-electron chi connectivity index (χ1n) is 8.34. The number of halogens is 1. The van der Waals surface area contributed by atoms with Crippen LogP contribution in [0.1, 0.15) is 30.4 Å². The van der Waals surface area contributed by atoms with E-state index in [0.29, 0.717) is 28.9 Å². The highest BCUT2D eigenvalue weighted by atomic mass is 35.5. The molecule has 8 N–H and O–H groups in total. The zero-order chi connectivity index (χ0) is 19.8. The molecule has 9 heteroatoms. The van der Waals surface area contributed by atoms with Crippen LogP contribution in [0.3, 0.4) is 0 Å². The molecule has 0 saturated carbocycles. The Hall–Kier alpha value is -3.39. The molecule has 148 valence electrons. The van der Waals surface area contributed by atoms with Gasteiger partial charge in [-0.15, -0.1) is 12.4 Å². The van der Waals surface area contributed by atoms with Crippen LogP contribution in [0.5, 0.6) is 0 Å². The van der Waals surface area contributed by atoms with Crippen LogP contribution in [0.4, 0.5) is 11.4 Å². The zero-order valence-corrected chi connectivity index (χ0v) is 15.9. The minimum Gasteiger partial charge on any atom is -0.384 e. The Kier molecular flexibility index (Phi) is 8.64. The number of hydrogen-bond donors (Lipinski definition) is 6. The first-order valence-corrected chi connectivity index (χ1v) is 8.34. The highest BCUT2D eigenvalue weighted by Gasteiger charge is 2.07. The molecule has 2 aromatic carbocycles. The number of carbonyl (C=O) groups excluding carboxylic acids is 2. The van der Waals surface area contributed by atoms with Crippen LogP contribution < -0.4 is 22.1 Å². The number of rotatable bonds is 8. The topological polar surface area (TPSA) is 158 Å². The molecule has 0 atom stereocenters. The molecular weight excluding hydrogens is 380 g/mol. The number of nitrogens with one attached hydrogen (secondary N) is 4. The zero-order valence-electron chi connectivity index (χ0n) is 15.1. The molecule has 2 aromatic rings.